The zero-order chi connectivity index (χ0) is 12.3. The van der Waals surface area contributed by atoms with Gasteiger partial charge < -0.3 is 5.73 Å². The van der Waals surface area contributed by atoms with Crippen LogP contribution in [0.25, 0.3) is 0 Å². The van der Waals surface area contributed by atoms with Crippen LogP contribution in [0.5, 0.6) is 0 Å². The molecule has 100 valence electrons. The van der Waals surface area contributed by atoms with Crippen LogP contribution in [-0.2, 0) is 0 Å². The Bertz CT molecular complexity index is 246. The molecule has 2 rings (SSSR count). The number of hydrogen-bond donors (Lipinski definition) is 1. The van der Waals surface area contributed by atoms with E-state index < -0.39 is 5.92 Å². The van der Waals surface area contributed by atoms with Gasteiger partial charge in [0.1, 0.15) is 0 Å². The fraction of sp³-hybridized carbons (Fsp3) is 1.00. The molecule has 1 aliphatic heterocycles. The van der Waals surface area contributed by atoms with E-state index in [0.717, 1.165) is 25.9 Å². The summed E-state index contributed by atoms with van der Waals surface area (Å²) in [5.41, 5.74) is 5.76. The summed E-state index contributed by atoms with van der Waals surface area (Å²) in [4.78, 5) is 2.36. The normalized spacial score (nSPS) is 34.8. The minimum Gasteiger partial charge on any atom is -0.329 e. The van der Waals surface area contributed by atoms with E-state index in [4.69, 9.17) is 5.73 Å². The van der Waals surface area contributed by atoms with Crippen LogP contribution in [0.2, 0.25) is 0 Å². The van der Waals surface area contributed by atoms with Crippen molar-refractivity contribution in [2.24, 2.45) is 11.7 Å². The fourth-order valence-corrected chi connectivity index (χ4v) is 3.33. The monoisotopic (exact) mass is 246 g/mol. The van der Waals surface area contributed by atoms with Crippen molar-refractivity contribution in [2.45, 2.75) is 56.9 Å². The minimum absolute atomic E-state index is 0.0841. The maximum Gasteiger partial charge on any atom is 0.248 e. The number of alkyl halides is 2. The molecule has 4 heteroatoms. The molecule has 2 aliphatic rings. The number of likely N-dealkylation sites (tertiary alicyclic amines) is 1. The molecule has 1 saturated carbocycles. The Morgan fingerprint density at radius 1 is 1.18 bits per heavy atom. The Morgan fingerprint density at radius 3 is 2.71 bits per heavy atom. The van der Waals surface area contributed by atoms with E-state index in [9.17, 15) is 8.78 Å². The third-order valence-electron chi connectivity index (χ3n) is 4.26. The molecule has 1 heterocycles. The van der Waals surface area contributed by atoms with Gasteiger partial charge in [-0.05, 0) is 38.1 Å². The topological polar surface area (TPSA) is 29.3 Å². The van der Waals surface area contributed by atoms with Crippen LogP contribution in [0, 0.1) is 5.92 Å². The van der Waals surface area contributed by atoms with Gasteiger partial charge in [0.25, 0.3) is 0 Å². The first-order valence-electron chi connectivity index (χ1n) is 6.93. The quantitative estimate of drug-likeness (QED) is 0.829. The Labute approximate surface area is 103 Å². The van der Waals surface area contributed by atoms with Crippen molar-refractivity contribution in [3.63, 3.8) is 0 Å². The van der Waals surface area contributed by atoms with Gasteiger partial charge in [0.05, 0.1) is 0 Å². The molecule has 0 aromatic heterocycles. The van der Waals surface area contributed by atoms with Crippen LogP contribution >= 0.6 is 0 Å². The highest BCUT2D eigenvalue weighted by atomic mass is 19.3. The van der Waals surface area contributed by atoms with Crippen molar-refractivity contribution in [1.82, 2.24) is 4.90 Å². The largest absolute Gasteiger partial charge is 0.329 e. The van der Waals surface area contributed by atoms with Gasteiger partial charge in [-0.15, -0.1) is 0 Å². The maximum absolute atomic E-state index is 13.3. The molecule has 1 aliphatic carbocycles. The molecule has 0 aromatic rings. The second-order valence-electron chi connectivity index (χ2n) is 5.70. The van der Waals surface area contributed by atoms with Crippen molar-refractivity contribution in [2.75, 3.05) is 19.6 Å². The lowest BCUT2D eigenvalue weighted by Gasteiger charge is -2.39. The molecule has 17 heavy (non-hydrogen) atoms. The molecule has 2 atom stereocenters. The van der Waals surface area contributed by atoms with Gasteiger partial charge in [0, 0.05) is 32.0 Å². The SMILES string of the molecule is NCC1CCCCN1CC1CCCC(F)(F)C1. The molecule has 2 fully saturated rings. The molecule has 2 unspecified atom stereocenters. The summed E-state index contributed by atoms with van der Waals surface area (Å²) in [6.07, 6.45) is 5.38. The van der Waals surface area contributed by atoms with Crippen LogP contribution in [0.4, 0.5) is 8.78 Å². The lowest BCUT2D eigenvalue weighted by molar-refractivity contribution is -0.0595. The van der Waals surface area contributed by atoms with Crippen LogP contribution in [-0.4, -0.2) is 36.5 Å². The number of halogens is 2. The highest BCUT2D eigenvalue weighted by Crippen LogP contribution is 2.37. The summed E-state index contributed by atoms with van der Waals surface area (Å²) in [5, 5.41) is 0. The van der Waals surface area contributed by atoms with Crippen molar-refractivity contribution in [3.8, 4) is 0 Å². The lowest BCUT2D eigenvalue weighted by atomic mass is 9.85. The van der Waals surface area contributed by atoms with E-state index in [-0.39, 0.29) is 18.8 Å². The summed E-state index contributed by atoms with van der Waals surface area (Å²) in [6.45, 7) is 2.55. The highest BCUT2D eigenvalue weighted by molar-refractivity contribution is 4.84. The predicted octanol–water partition coefficient (Wildman–Crippen LogP) is 2.63. The molecule has 2 nitrogen and oxygen atoms in total. The molecule has 0 radical (unpaired) electrons. The predicted molar refractivity (Wildman–Crippen MR) is 65.2 cm³/mol. The second kappa shape index (κ2) is 5.61. The summed E-state index contributed by atoms with van der Waals surface area (Å²) in [6, 6.07) is 0.430. The molecular weight excluding hydrogens is 222 g/mol. The molecular formula is C13H24F2N2. The highest BCUT2D eigenvalue weighted by Gasteiger charge is 2.37. The average molecular weight is 246 g/mol. The van der Waals surface area contributed by atoms with Gasteiger partial charge in [-0.3, -0.25) is 4.90 Å². The van der Waals surface area contributed by atoms with E-state index in [1.54, 1.807) is 0 Å². The van der Waals surface area contributed by atoms with Crippen molar-refractivity contribution < 1.29 is 8.78 Å². The van der Waals surface area contributed by atoms with Crippen LogP contribution < -0.4 is 5.73 Å². The first-order valence-corrected chi connectivity index (χ1v) is 6.93. The summed E-state index contributed by atoms with van der Waals surface area (Å²) in [7, 11) is 0. The number of nitrogens with zero attached hydrogens (tertiary/aromatic N) is 1. The zero-order valence-corrected chi connectivity index (χ0v) is 10.5. The van der Waals surface area contributed by atoms with Crippen LogP contribution in [0.15, 0.2) is 0 Å². The molecule has 0 aromatic carbocycles. The minimum atomic E-state index is -2.42. The smallest absolute Gasteiger partial charge is 0.248 e. The average Bonchev–Trinajstić information content (AvgIpc) is 2.28. The zero-order valence-electron chi connectivity index (χ0n) is 10.5. The van der Waals surface area contributed by atoms with Gasteiger partial charge in [-0.25, -0.2) is 8.78 Å². The number of hydrogen-bond acceptors (Lipinski definition) is 2. The van der Waals surface area contributed by atoms with Gasteiger partial charge >= 0.3 is 0 Å². The van der Waals surface area contributed by atoms with Crippen LogP contribution in [0.3, 0.4) is 0 Å². The molecule has 1 saturated heterocycles. The third-order valence-corrected chi connectivity index (χ3v) is 4.26. The van der Waals surface area contributed by atoms with Crippen molar-refractivity contribution in [3.05, 3.63) is 0 Å². The molecule has 0 bridgehead atoms. The first kappa shape index (κ1) is 13.2. The van der Waals surface area contributed by atoms with Gasteiger partial charge in [0.2, 0.25) is 5.92 Å². The molecule has 2 N–H and O–H groups in total. The van der Waals surface area contributed by atoms with Gasteiger partial charge in [0.15, 0.2) is 0 Å². The molecule has 0 spiro atoms. The Morgan fingerprint density at radius 2 is 2.00 bits per heavy atom. The fourth-order valence-electron chi connectivity index (χ4n) is 3.33. The Hall–Kier alpha value is -0.220. The summed E-state index contributed by atoms with van der Waals surface area (Å²) < 4.78 is 26.7. The lowest BCUT2D eigenvalue weighted by Crippen LogP contribution is -2.47. The number of nitrogens with two attached hydrogens (primary N) is 1. The standard InChI is InChI=1S/C13H24F2N2/c14-13(15)6-3-4-11(8-13)10-17-7-2-1-5-12(17)9-16/h11-12H,1-10,16H2. The number of rotatable bonds is 3. The van der Waals surface area contributed by atoms with Gasteiger partial charge in [-0.1, -0.05) is 6.42 Å². The summed E-state index contributed by atoms with van der Waals surface area (Å²) in [5.74, 6) is -2.25. The summed E-state index contributed by atoms with van der Waals surface area (Å²) >= 11 is 0. The van der Waals surface area contributed by atoms with E-state index in [1.165, 1.54) is 12.8 Å². The van der Waals surface area contributed by atoms with Crippen molar-refractivity contribution >= 4 is 0 Å². The van der Waals surface area contributed by atoms with Crippen molar-refractivity contribution in [1.29, 1.82) is 0 Å². The van der Waals surface area contributed by atoms with E-state index in [2.05, 4.69) is 4.90 Å². The Kier molecular flexibility index (Phi) is 4.36. The Balaban J connectivity index is 1.86. The van der Waals surface area contributed by atoms with E-state index in [0.29, 0.717) is 19.0 Å². The maximum atomic E-state index is 13.3. The molecule has 0 amide bonds. The second-order valence-corrected chi connectivity index (χ2v) is 5.70. The first-order chi connectivity index (χ1) is 8.11. The third kappa shape index (κ3) is 3.62. The van der Waals surface area contributed by atoms with Gasteiger partial charge in [-0.2, -0.15) is 0 Å². The van der Waals surface area contributed by atoms with Crippen LogP contribution in [0.1, 0.15) is 44.9 Å². The number of piperidine rings is 1. The van der Waals surface area contributed by atoms with E-state index in [1.807, 2.05) is 0 Å². The van der Waals surface area contributed by atoms with E-state index >= 15 is 0 Å².